The third-order valence-electron chi connectivity index (χ3n) is 2.09. The fourth-order valence-electron chi connectivity index (χ4n) is 1.38. The van der Waals surface area contributed by atoms with Gasteiger partial charge in [0.05, 0.1) is 10.6 Å². The van der Waals surface area contributed by atoms with Crippen LogP contribution in [-0.2, 0) is 6.54 Å². The molecule has 0 aliphatic carbocycles. The van der Waals surface area contributed by atoms with E-state index in [1.807, 2.05) is 23.7 Å². The number of carbonyl (C=O) groups is 1. The zero-order chi connectivity index (χ0) is 10.8. The van der Waals surface area contributed by atoms with E-state index in [9.17, 15) is 4.79 Å². The molecule has 15 heavy (non-hydrogen) atoms. The van der Waals surface area contributed by atoms with Gasteiger partial charge in [-0.25, -0.2) is 4.79 Å². The minimum atomic E-state index is -0.881. The van der Waals surface area contributed by atoms with Gasteiger partial charge in [0.25, 0.3) is 0 Å². The molecule has 0 aliphatic rings. The normalized spacial score (nSPS) is 10.5. The SMILES string of the molecule is CCn1nccc1-c1ccc(C(=O)O)s1. The predicted molar refractivity (Wildman–Crippen MR) is 58.2 cm³/mol. The topological polar surface area (TPSA) is 55.1 Å². The van der Waals surface area contributed by atoms with Crippen molar-refractivity contribution in [3.05, 3.63) is 29.3 Å². The monoisotopic (exact) mass is 222 g/mol. The molecule has 2 aromatic heterocycles. The highest BCUT2D eigenvalue weighted by atomic mass is 32.1. The molecule has 2 heterocycles. The molecule has 2 aromatic rings. The number of aryl methyl sites for hydroxylation is 1. The number of carboxylic acids is 1. The molecule has 78 valence electrons. The van der Waals surface area contributed by atoms with Crippen molar-refractivity contribution in [3.63, 3.8) is 0 Å². The number of thiophene rings is 1. The predicted octanol–water partition coefficient (Wildman–Crippen LogP) is 2.33. The Hall–Kier alpha value is -1.62. The van der Waals surface area contributed by atoms with Gasteiger partial charge in [0.2, 0.25) is 0 Å². The summed E-state index contributed by atoms with van der Waals surface area (Å²) in [7, 11) is 0. The maximum Gasteiger partial charge on any atom is 0.345 e. The molecule has 0 aliphatic heterocycles. The van der Waals surface area contributed by atoms with Gasteiger partial charge in [0, 0.05) is 12.7 Å². The summed E-state index contributed by atoms with van der Waals surface area (Å²) in [4.78, 5) is 12.0. The van der Waals surface area contributed by atoms with Gasteiger partial charge in [-0.15, -0.1) is 11.3 Å². The van der Waals surface area contributed by atoms with Gasteiger partial charge in [-0.3, -0.25) is 4.68 Å². The Labute approximate surface area is 90.8 Å². The molecule has 0 unspecified atom stereocenters. The van der Waals surface area contributed by atoms with Gasteiger partial charge in [-0.05, 0) is 25.1 Å². The second kappa shape index (κ2) is 3.86. The minimum absolute atomic E-state index is 0.355. The van der Waals surface area contributed by atoms with E-state index in [0.717, 1.165) is 17.1 Å². The molecule has 1 N–H and O–H groups in total. The summed E-state index contributed by atoms with van der Waals surface area (Å²) in [6.07, 6.45) is 1.72. The highest BCUT2D eigenvalue weighted by molar-refractivity contribution is 7.17. The van der Waals surface area contributed by atoms with Crippen molar-refractivity contribution in [3.8, 4) is 10.6 Å². The molecule has 0 saturated heterocycles. The number of aromatic carboxylic acids is 1. The van der Waals surface area contributed by atoms with Crippen molar-refractivity contribution in [2.24, 2.45) is 0 Å². The molecule has 0 aromatic carbocycles. The lowest BCUT2D eigenvalue weighted by Crippen LogP contribution is -1.97. The van der Waals surface area contributed by atoms with Crippen LogP contribution in [0.25, 0.3) is 10.6 Å². The summed E-state index contributed by atoms with van der Waals surface area (Å²) in [5.41, 5.74) is 0.968. The number of hydrogen-bond acceptors (Lipinski definition) is 3. The standard InChI is InChI=1S/C10H10N2O2S/c1-2-12-7(5-6-11-12)8-3-4-9(15-8)10(13)14/h3-6H,2H2,1H3,(H,13,14). The molecule has 0 radical (unpaired) electrons. The van der Waals surface area contributed by atoms with E-state index in [-0.39, 0.29) is 0 Å². The van der Waals surface area contributed by atoms with Crippen LogP contribution < -0.4 is 0 Å². The number of hydrogen-bond donors (Lipinski definition) is 1. The zero-order valence-corrected chi connectivity index (χ0v) is 8.99. The number of aromatic nitrogens is 2. The van der Waals surface area contributed by atoms with Crippen molar-refractivity contribution in [1.29, 1.82) is 0 Å². The molecule has 5 heteroatoms. The highest BCUT2D eigenvalue weighted by Crippen LogP contribution is 2.27. The van der Waals surface area contributed by atoms with Gasteiger partial charge in [0.15, 0.2) is 0 Å². The Kier molecular flexibility index (Phi) is 2.55. The first-order valence-corrected chi connectivity index (χ1v) is 5.39. The van der Waals surface area contributed by atoms with E-state index in [1.54, 1.807) is 12.3 Å². The lowest BCUT2D eigenvalue weighted by atomic mass is 10.3. The van der Waals surface area contributed by atoms with E-state index in [0.29, 0.717) is 4.88 Å². The van der Waals surface area contributed by atoms with Gasteiger partial charge in [-0.2, -0.15) is 5.10 Å². The first-order chi connectivity index (χ1) is 7.22. The summed E-state index contributed by atoms with van der Waals surface area (Å²) >= 11 is 1.27. The van der Waals surface area contributed by atoms with Crippen LogP contribution in [0.3, 0.4) is 0 Å². The van der Waals surface area contributed by atoms with Gasteiger partial charge in [0.1, 0.15) is 4.88 Å². The minimum Gasteiger partial charge on any atom is -0.477 e. The third kappa shape index (κ3) is 1.78. The van der Waals surface area contributed by atoms with Crippen LogP contribution in [0.1, 0.15) is 16.6 Å². The quantitative estimate of drug-likeness (QED) is 0.867. The van der Waals surface area contributed by atoms with Gasteiger partial charge in [-0.1, -0.05) is 0 Å². The average molecular weight is 222 g/mol. The van der Waals surface area contributed by atoms with Crippen LogP contribution in [0.2, 0.25) is 0 Å². The van der Waals surface area contributed by atoms with Crippen molar-refractivity contribution < 1.29 is 9.90 Å². The average Bonchev–Trinajstić information content (AvgIpc) is 2.85. The van der Waals surface area contributed by atoms with E-state index >= 15 is 0 Å². The Balaban J connectivity index is 2.41. The fourth-order valence-corrected chi connectivity index (χ4v) is 2.26. The Morgan fingerprint density at radius 2 is 2.33 bits per heavy atom. The number of carboxylic acid groups (broad SMARTS) is 1. The molecule has 4 nitrogen and oxygen atoms in total. The fraction of sp³-hybridized carbons (Fsp3) is 0.200. The van der Waals surface area contributed by atoms with E-state index < -0.39 is 5.97 Å². The Morgan fingerprint density at radius 3 is 2.93 bits per heavy atom. The van der Waals surface area contributed by atoms with Crippen LogP contribution in [0.5, 0.6) is 0 Å². The van der Waals surface area contributed by atoms with Crippen molar-refractivity contribution in [2.75, 3.05) is 0 Å². The molecule has 0 fully saturated rings. The smallest absolute Gasteiger partial charge is 0.345 e. The van der Waals surface area contributed by atoms with E-state index in [2.05, 4.69) is 5.10 Å². The second-order valence-electron chi connectivity index (χ2n) is 3.00. The molecule has 0 amide bonds. The summed E-state index contributed by atoms with van der Waals surface area (Å²) in [5, 5.41) is 13.0. The van der Waals surface area contributed by atoms with Crippen molar-refractivity contribution in [2.45, 2.75) is 13.5 Å². The van der Waals surface area contributed by atoms with E-state index in [4.69, 9.17) is 5.11 Å². The molecular weight excluding hydrogens is 212 g/mol. The first-order valence-electron chi connectivity index (χ1n) is 4.57. The van der Waals surface area contributed by atoms with Gasteiger partial charge >= 0.3 is 5.97 Å². The summed E-state index contributed by atoms with van der Waals surface area (Å²) in [6.45, 7) is 2.78. The maximum atomic E-state index is 10.7. The largest absolute Gasteiger partial charge is 0.477 e. The zero-order valence-electron chi connectivity index (χ0n) is 8.17. The third-order valence-corrected chi connectivity index (χ3v) is 3.18. The molecule has 2 rings (SSSR count). The Bertz CT molecular complexity index is 487. The Morgan fingerprint density at radius 1 is 1.53 bits per heavy atom. The van der Waals surface area contributed by atoms with Crippen molar-refractivity contribution in [1.82, 2.24) is 9.78 Å². The summed E-state index contributed by atoms with van der Waals surface area (Å²) < 4.78 is 1.84. The maximum absolute atomic E-state index is 10.7. The molecule has 0 saturated carbocycles. The van der Waals surface area contributed by atoms with Crippen LogP contribution in [0.15, 0.2) is 24.4 Å². The molecular formula is C10H10N2O2S. The van der Waals surface area contributed by atoms with Crippen LogP contribution in [0, 0.1) is 0 Å². The van der Waals surface area contributed by atoms with E-state index in [1.165, 1.54) is 11.3 Å². The van der Waals surface area contributed by atoms with Gasteiger partial charge < -0.3 is 5.11 Å². The highest BCUT2D eigenvalue weighted by Gasteiger charge is 2.10. The lowest BCUT2D eigenvalue weighted by Gasteiger charge is -2.00. The molecule has 0 bridgehead atoms. The number of rotatable bonds is 3. The van der Waals surface area contributed by atoms with Crippen LogP contribution in [-0.4, -0.2) is 20.9 Å². The van der Waals surface area contributed by atoms with Crippen molar-refractivity contribution >= 4 is 17.3 Å². The molecule has 0 spiro atoms. The van der Waals surface area contributed by atoms with Crippen LogP contribution >= 0.6 is 11.3 Å². The summed E-state index contributed by atoms with van der Waals surface area (Å²) in [6, 6.07) is 5.33. The lowest BCUT2D eigenvalue weighted by molar-refractivity contribution is 0.0702. The number of nitrogens with zero attached hydrogens (tertiary/aromatic N) is 2. The second-order valence-corrected chi connectivity index (χ2v) is 4.09. The molecule has 0 atom stereocenters. The first kappa shape index (κ1) is 9.92. The summed E-state index contributed by atoms with van der Waals surface area (Å²) in [5.74, 6) is -0.881. The van der Waals surface area contributed by atoms with Crippen LogP contribution in [0.4, 0.5) is 0 Å².